The van der Waals surface area contributed by atoms with E-state index >= 15 is 0 Å². The number of ether oxygens (including phenoxy) is 2. The van der Waals surface area contributed by atoms with E-state index in [-0.39, 0.29) is 11.7 Å². The van der Waals surface area contributed by atoms with Gasteiger partial charge >= 0.3 is 0 Å². The highest BCUT2D eigenvalue weighted by Crippen LogP contribution is 2.15. The van der Waals surface area contributed by atoms with E-state index < -0.39 is 0 Å². The molecule has 0 radical (unpaired) electrons. The number of methoxy groups -OCH3 is 1. The lowest BCUT2D eigenvalue weighted by Crippen LogP contribution is -2.14. The minimum absolute atomic E-state index is 0.0374. The van der Waals surface area contributed by atoms with Gasteiger partial charge in [-0.25, -0.2) is 4.98 Å². The predicted molar refractivity (Wildman–Crippen MR) is 102 cm³/mol. The Balaban J connectivity index is 1.96. The normalized spacial score (nSPS) is 11.0. The molecule has 0 atom stereocenters. The molecule has 0 bridgehead atoms. The number of H-pyrrole nitrogens is 1. The number of aromatic amines is 1. The van der Waals surface area contributed by atoms with Crippen LogP contribution < -0.4 is 9.47 Å². The average Bonchev–Trinajstić information content (AvgIpc) is 3.17. The van der Waals surface area contributed by atoms with Crippen molar-refractivity contribution in [2.75, 3.05) is 7.11 Å². The van der Waals surface area contributed by atoms with Gasteiger partial charge in [-0.05, 0) is 29.8 Å². The molecular weight excluding hydrogens is 328 g/mol. The van der Waals surface area contributed by atoms with E-state index in [2.05, 4.69) is 21.5 Å². The molecule has 3 aromatic rings. The summed E-state index contributed by atoms with van der Waals surface area (Å²) in [5.41, 5.74) is 1.92. The minimum Gasteiger partial charge on any atom is -0.481 e. The minimum atomic E-state index is -0.0374. The molecule has 1 aromatic carbocycles. The zero-order chi connectivity index (χ0) is 18.4. The van der Waals surface area contributed by atoms with Gasteiger partial charge < -0.3 is 14.5 Å². The molecule has 2 aromatic heterocycles. The summed E-state index contributed by atoms with van der Waals surface area (Å²) in [7, 11) is 1.53. The number of hydrogen-bond acceptors (Lipinski definition) is 4. The maximum Gasteiger partial charge on any atom is 0.245 e. The van der Waals surface area contributed by atoms with Gasteiger partial charge in [0.05, 0.1) is 7.11 Å². The van der Waals surface area contributed by atoms with Gasteiger partial charge in [-0.3, -0.25) is 5.41 Å². The second-order valence-corrected chi connectivity index (χ2v) is 5.30. The van der Waals surface area contributed by atoms with Crippen LogP contribution in [0, 0.1) is 5.41 Å². The Morgan fingerprint density at radius 2 is 2.00 bits per heavy atom. The van der Waals surface area contributed by atoms with Crippen LogP contribution in [0.3, 0.4) is 0 Å². The van der Waals surface area contributed by atoms with Crippen LogP contribution in [-0.2, 0) is 0 Å². The van der Waals surface area contributed by atoms with Crippen LogP contribution in [0.5, 0.6) is 11.6 Å². The van der Waals surface area contributed by atoms with E-state index in [4.69, 9.17) is 14.9 Å². The molecule has 26 heavy (non-hydrogen) atoms. The first-order valence-corrected chi connectivity index (χ1v) is 7.92. The maximum absolute atomic E-state index is 8.28. The summed E-state index contributed by atoms with van der Waals surface area (Å²) in [6.07, 6.45) is 3.51. The Labute approximate surface area is 151 Å². The van der Waals surface area contributed by atoms with Crippen LogP contribution in [0.25, 0.3) is 6.08 Å². The average molecular weight is 346 g/mol. The highest BCUT2D eigenvalue weighted by atomic mass is 16.5. The Morgan fingerprint density at radius 3 is 2.69 bits per heavy atom. The topological polar surface area (TPSA) is 83.4 Å². The molecule has 0 amide bonds. The number of rotatable bonds is 5. The third kappa shape index (κ3) is 4.05. The molecule has 0 saturated carbocycles. The number of pyridine rings is 1. The first-order valence-electron chi connectivity index (χ1n) is 7.92. The summed E-state index contributed by atoms with van der Waals surface area (Å²) in [5, 5.41) is 8.28. The number of hydrogen-bond donors (Lipinski definition) is 2. The summed E-state index contributed by atoms with van der Waals surface area (Å²) in [4.78, 5) is 11.6. The van der Waals surface area contributed by atoms with Gasteiger partial charge in [0, 0.05) is 12.3 Å². The fraction of sp³-hybridized carbons (Fsp3) is 0.0500. The van der Waals surface area contributed by atoms with Gasteiger partial charge in [-0.15, -0.1) is 0 Å². The zero-order valence-electron chi connectivity index (χ0n) is 14.3. The molecule has 0 fully saturated rings. The standard InChI is InChI=1S/C20H18N4O2/c1-3-14-12-17(22-13-14)20(26-15-8-5-4-6-9-15)24-19(21)16-10-7-11-18(23-16)25-2/h3-13,21-22H,1H2,2H3/b21-19?,24-20+. The van der Waals surface area contributed by atoms with Gasteiger partial charge in [0.1, 0.15) is 17.1 Å². The van der Waals surface area contributed by atoms with Crippen molar-refractivity contribution >= 4 is 17.8 Å². The van der Waals surface area contributed by atoms with Gasteiger partial charge in [-0.2, -0.15) is 4.99 Å². The quantitative estimate of drug-likeness (QED) is 0.543. The number of aromatic nitrogens is 2. The molecule has 0 spiro atoms. The van der Waals surface area contributed by atoms with Gasteiger partial charge in [-0.1, -0.05) is 36.9 Å². The van der Waals surface area contributed by atoms with E-state index in [0.717, 1.165) is 5.56 Å². The van der Waals surface area contributed by atoms with Gasteiger partial charge in [0.25, 0.3) is 0 Å². The van der Waals surface area contributed by atoms with Gasteiger partial charge in [0.15, 0.2) is 5.84 Å². The Morgan fingerprint density at radius 1 is 1.19 bits per heavy atom. The van der Waals surface area contributed by atoms with Gasteiger partial charge in [0.2, 0.25) is 11.8 Å². The zero-order valence-corrected chi connectivity index (χ0v) is 14.3. The molecule has 3 rings (SSSR count). The van der Waals surface area contributed by atoms with Crippen LogP contribution in [0.15, 0.2) is 72.4 Å². The van der Waals surface area contributed by atoms with Crippen molar-refractivity contribution in [3.05, 3.63) is 84.3 Å². The van der Waals surface area contributed by atoms with Crippen LogP contribution in [0.1, 0.15) is 17.0 Å². The molecule has 6 nitrogen and oxygen atoms in total. The second-order valence-electron chi connectivity index (χ2n) is 5.30. The number of aliphatic imine (C=N–C) groups is 1. The number of para-hydroxylation sites is 1. The number of amidine groups is 1. The van der Waals surface area contributed by atoms with E-state index in [1.165, 1.54) is 7.11 Å². The lowest BCUT2D eigenvalue weighted by atomic mass is 10.3. The molecule has 0 aliphatic heterocycles. The van der Waals surface area contributed by atoms with Crippen molar-refractivity contribution in [3.8, 4) is 11.6 Å². The summed E-state index contributed by atoms with van der Waals surface area (Å²) < 4.78 is 11.0. The molecule has 0 aliphatic rings. The third-order valence-electron chi connectivity index (χ3n) is 3.52. The summed E-state index contributed by atoms with van der Waals surface area (Å²) >= 11 is 0. The highest BCUT2D eigenvalue weighted by molar-refractivity contribution is 6.07. The SMILES string of the molecule is C=Cc1c[nH]c(/C(=N\C(=N)c2cccc(OC)n2)Oc2ccccc2)c1. The molecule has 0 saturated heterocycles. The lowest BCUT2D eigenvalue weighted by molar-refractivity contribution is 0.397. The van der Waals surface area contributed by atoms with E-state index in [1.54, 1.807) is 30.5 Å². The number of nitrogens with one attached hydrogen (secondary N) is 2. The molecule has 2 N–H and O–H groups in total. The monoisotopic (exact) mass is 346 g/mol. The largest absolute Gasteiger partial charge is 0.481 e. The Hall–Kier alpha value is -3.67. The molecule has 6 heteroatoms. The Kier molecular flexibility index (Phi) is 5.24. The van der Waals surface area contributed by atoms with Crippen LogP contribution >= 0.6 is 0 Å². The highest BCUT2D eigenvalue weighted by Gasteiger charge is 2.12. The number of nitrogens with zero attached hydrogens (tertiary/aromatic N) is 2. The number of benzene rings is 1. The first kappa shape index (κ1) is 17.2. The molecule has 130 valence electrons. The fourth-order valence-corrected chi connectivity index (χ4v) is 2.21. The first-order chi connectivity index (χ1) is 12.7. The smallest absolute Gasteiger partial charge is 0.245 e. The van der Waals surface area contributed by atoms with Crippen molar-refractivity contribution in [2.45, 2.75) is 0 Å². The van der Waals surface area contributed by atoms with E-state index in [9.17, 15) is 0 Å². The Bertz CT molecular complexity index is 945. The third-order valence-corrected chi connectivity index (χ3v) is 3.52. The van der Waals surface area contributed by atoms with E-state index in [1.807, 2.05) is 36.4 Å². The van der Waals surface area contributed by atoms with Crippen LogP contribution in [0.2, 0.25) is 0 Å². The second kappa shape index (κ2) is 7.94. The van der Waals surface area contributed by atoms with Crippen molar-refractivity contribution < 1.29 is 9.47 Å². The van der Waals surface area contributed by atoms with Crippen LogP contribution in [-0.4, -0.2) is 28.8 Å². The molecule has 2 heterocycles. The molecule has 0 aliphatic carbocycles. The molecular formula is C20H18N4O2. The van der Waals surface area contributed by atoms with Crippen LogP contribution in [0.4, 0.5) is 0 Å². The van der Waals surface area contributed by atoms with E-state index in [0.29, 0.717) is 23.0 Å². The predicted octanol–water partition coefficient (Wildman–Crippen LogP) is 3.91. The van der Waals surface area contributed by atoms with Crippen molar-refractivity contribution in [3.63, 3.8) is 0 Å². The van der Waals surface area contributed by atoms with Crippen molar-refractivity contribution in [2.24, 2.45) is 4.99 Å². The molecule has 0 unspecified atom stereocenters. The summed E-state index contributed by atoms with van der Waals surface area (Å²) in [6, 6.07) is 16.3. The van der Waals surface area contributed by atoms with Crippen molar-refractivity contribution in [1.29, 1.82) is 5.41 Å². The maximum atomic E-state index is 8.28. The fourth-order valence-electron chi connectivity index (χ4n) is 2.21. The summed E-state index contributed by atoms with van der Waals surface area (Å²) in [5.74, 6) is 1.26. The lowest BCUT2D eigenvalue weighted by Gasteiger charge is -2.08. The van der Waals surface area contributed by atoms with Crippen molar-refractivity contribution in [1.82, 2.24) is 9.97 Å². The summed E-state index contributed by atoms with van der Waals surface area (Å²) in [6.45, 7) is 3.75.